The lowest BCUT2D eigenvalue weighted by Gasteiger charge is -2.04. The van der Waals surface area contributed by atoms with Gasteiger partial charge >= 0.3 is 0 Å². The van der Waals surface area contributed by atoms with Gasteiger partial charge in [0, 0.05) is 29.0 Å². The highest BCUT2D eigenvalue weighted by atomic mass is 32.2. The number of aryl methyl sites for hydroxylation is 1. The van der Waals surface area contributed by atoms with Gasteiger partial charge in [-0.2, -0.15) is 16.8 Å². The number of fused-ring (bicyclic) bond motifs is 1. The van der Waals surface area contributed by atoms with Crippen LogP contribution in [0.3, 0.4) is 0 Å². The van der Waals surface area contributed by atoms with Gasteiger partial charge in [0.05, 0.1) is 10.2 Å². The highest BCUT2D eigenvalue weighted by Crippen LogP contribution is 2.19. The molecule has 0 fully saturated rings. The molecule has 0 aliphatic carbocycles. The van der Waals surface area contributed by atoms with Gasteiger partial charge < -0.3 is 4.57 Å². The Morgan fingerprint density at radius 3 is 2.35 bits per heavy atom. The molecule has 1 aromatic heterocycles. The summed E-state index contributed by atoms with van der Waals surface area (Å²) in [5.41, 5.74) is 2.36. The van der Waals surface area contributed by atoms with Crippen molar-refractivity contribution >= 4 is 45.0 Å². The number of hydrogen-bond donors (Lipinski definition) is 0. The van der Waals surface area contributed by atoms with Crippen LogP contribution in [-0.4, -0.2) is 28.3 Å². The summed E-state index contributed by atoms with van der Waals surface area (Å²) in [4.78, 5) is 30.2. The van der Waals surface area contributed by atoms with Crippen LogP contribution in [0.15, 0.2) is 77.8 Å². The van der Waals surface area contributed by atoms with E-state index in [9.17, 15) is 14.0 Å². The minimum absolute atomic E-state index is 0.0991. The number of nitrogens with zero attached hydrogens (tertiary/aromatic N) is 2. The first-order valence-electron chi connectivity index (χ1n) is 9.63. The van der Waals surface area contributed by atoms with Crippen LogP contribution in [-0.2, 0) is 6.54 Å². The largest absolute Gasteiger partial charge is 0.316 e. The zero-order valence-electron chi connectivity index (χ0n) is 16.7. The standard InChI is InChI=1S/C24H19FN2O2S2/c1-30-14-13-27-20-12-11-19(25)15-21(20)31-24(27)26-23(29)18-9-7-17(8-10-18)22(28)16-5-3-2-4-6-16/h2-12,15H,13-14H2,1H3. The second-order valence-corrected chi connectivity index (χ2v) is 8.83. The SMILES string of the molecule is CSCCn1c(=NC(=O)c2ccc(C(=O)c3ccccc3)cc2)sc2cc(F)ccc21. The normalized spacial score (nSPS) is 11.7. The molecule has 0 saturated carbocycles. The van der Waals surface area contributed by atoms with Gasteiger partial charge in [-0.25, -0.2) is 4.39 Å². The lowest BCUT2D eigenvalue weighted by molar-refractivity contribution is 0.0994. The fourth-order valence-electron chi connectivity index (χ4n) is 3.20. The second kappa shape index (κ2) is 9.41. The smallest absolute Gasteiger partial charge is 0.279 e. The zero-order chi connectivity index (χ0) is 21.8. The van der Waals surface area contributed by atoms with E-state index < -0.39 is 5.91 Å². The van der Waals surface area contributed by atoms with Gasteiger partial charge in [-0.15, -0.1) is 0 Å². The van der Waals surface area contributed by atoms with E-state index in [0.29, 0.717) is 28.0 Å². The van der Waals surface area contributed by atoms with Crippen molar-refractivity contribution in [1.29, 1.82) is 0 Å². The quantitative estimate of drug-likeness (QED) is 0.381. The number of aromatic nitrogens is 1. The highest BCUT2D eigenvalue weighted by Gasteiger charge is 2.12. The molecule has 1 heterocycles. The lowest BCUT2D eigenvalue weighted by Crippen LogP contribution is -2.18. The molecule has 4 aromatic rings. The number of carbonyl (C=O) groups is 2. The molecule has 7 heteroatoms. The zero-order valence-corrected chi connectivity index (χ0v) is 18.4. The number of thiazole rings is 1. The van der Waals surface area contributed by atoms with Crippen LogP contribution >= 0.6 is 23.1 Å². The summed E-state index contributed by atoms with van der Waals surface area (Å²) in [7, 11) is 0. The molecule has 0 atom stereocenters. The van der Waals surface area contributed by atoms with Crippen LogP contribution in [0.1, 0.15) is 26.3 Å². The molecule has 1 amide bonds. The fraction of sp³-hybridized carbons (Fsp3) is 0.125. The van der Waals surface area contributed by atoms with Crippen molar-refractivity contribution in [2.24, 2.45) is 4.99 Å². The molecule has 31 heavy (non-hydrogen) atoms. The molecule has 0 unspecified atom stereocenters. The number of halogens is 1. The summed E-state index contributed by atoms with van der Waals surface area (Å²) in [5, 5.41) is 0. The average molecular weight is 451 g/mol. The molecular formula is C24H19FN2O2S2. The lowest BCUT2D eigenvalue weighted by atomic mass is 10.0. The third-order valence-corrected chi connectivity index (χ3v) is 6.42. The van der Waals surface area contributed by atoms with E-state index in [0.717, 1.165) is 16.0 Å². The van der Waals surface area contributed by atoms with E-state index >= 15 is 0 Å². The third kappa shape index (κ3) is 4.68. The maximum atomic E-state index is 13.7. The molecule has 4 nitrogen and oxygen atoms in total. The third-order valence-electron chi connectivity index (χ3n) is 4.79. The van der Waals surface area contributed by atoms with E-state index in [2.05, 4.69) is 4.99 Å². The highest BCUT2D eigenvalue weighted by molar-refractivity contribution is 7.98. The van der Waals surface area contributed by atoms with Gasteiger partial charge in [-0.1, -0.05) is 53.8 Å². The summed E-state index contributed by atoms with van der Waals surface area (Å²) >= 11 is 2.98. The molecule has 0 spiro atoms. The van der Waals surface area contributed by atoms with E-state index in [1.165, 1.54) is 23.5 Å². The Morgan fingerprint density at radius 2 is 1.65 bits per heavy atom. The molecular weight excluding hydrogens is 431 g/mol. The maximum Gasteiger partial charge on any atom is 0.279 e. The molecule has 3 aromatic carbocycles. The van der Waals surface area contributed by atoms with Crippen LogP contribution in [0.4, 0.5) is 4.39 Å². The van der Waals surface area contributed by atoms with Crippen molar-refractivity contribution < 1.29 is 14.0 Å². The summed E-state index contributed by atoms with van der Waals surface area (Å²) in [6.07, 6.45) is 2.01. The molecule has 0 bridgehead atoms. The van der Waals surface area contributed by atoms with Gasteiger partial charge in [0.25, 0.3) is 5.91 Å². The van der Waals surface area contributed by atoms with Crippen LogP contribution < -0.4 is 4.80 Å². The Balaban J connectivity index is 1.65. The number of thioether (sulfide) groups is 1. The number of hydrogen-bond acceptors (Lipinski definition) is 4. The van der Waals surface area contributed by atoms with Gasteiger partial charge in [-0.3, -0.25) is 9.59 Å². The number of carbonyl (C=O) groups excluding carboxylic acids is 2. The van der Waals surface area contributed by atoms with E-state index in [-0.39, 0.29) is 11.6 Å². The molecule has 0 saturated heterocycles. The molecule has 0 N–H and O–H groups in total. The van der Waals surface area contributed by atoms with Crippen molar-refractivity contribution in [2.75, 3.05) is 12.0 Å². The second-order valence-electron chi connectivity index (χ2n) is 6.83. The van der Waals surface area contributed by atoms with E-state index in [1.54, 1.807) is 54.2 Å². The Hall–Kier alpha value is -3.03. The monoisotopic (exact) mass is 450 g/mol. The molecule has 0 aliphatic rings. The molecule has 156 valence electrons. The summed E-state index contributed by atoms with van der Waals surface area (Å²) in [6.45, 7) is 0.670. The first-order valence-corrected chi connectivity index (χ1v) is 11.8. The van der Waals surface area contributed by atoms with Crippen LogP contribution in [0.2, 0.25) is 0 Å². The summed E-state index contributed by atoms with van der Waals surface area (Å²) in [6, 6.07) is 20.1. The first-order chi connectivity index (χ1) is 15.1. The van der Waals surface area contributed by atoms with Crippen LogP contribution in [0.5, 0.6) is 0 Å². The van der Waals surface area contributed by atoms with E-state index in [4.69, 9.17) is 0 Å². The Labute approximate surface area is 187 Å². The molecule has 0 radical (unpaired) electrons. The Bertz CT molecular complexity index is 1310. The van der Waals surface area contributed by atoms with Crippen LogP contribution in [0.25, 0.3) is 10.2 Å². The minimum atomic E-state index is -0.399. The summed E-state index contributed by atoms with van der Waals surface area (Å²) in [5.74, 6) is 0.0323. The van der Waals surface area contributed by atoms with Gasteiger partial charge in [0.15, 0.2) is 10.6 Å². The average Bonchev–Trinajstić information content (AvgIpc) is 3.13. The predicted octanol–water partition coefficient (Wildman–Crippen LogP) is 5.18. The van der Waals surface area contributed by atoms with Crippen LogP contribution in [0, 0.1) is 5.82 Å². The van der Waals surface area contributed by atoms with Crippen molar-refractivity contribution in [3.05, 3.63) is 100 Å². The maximum absolute atomic E-state index is 13.7. The van der Waals surface area contributed by atoms with Gasteiger partial charge in [0.1, 0.15) is 5.82 Å². The van der Waals surface area contributed by atoms with Gasteiger partial charge in [0.2, 0.25) is 0 Å². The van der Waals surface area contributed by atoms with Crippen molar-refractivity contribution in [3.63, 3.8) is 0 Å². The van der Waals surface area contributed by atoms with Crippen molar-refractivity contribution in [3.8, 4) is 0 Å². The number of amides is 1. The Kier molecular flexibility index (Phi) is 6.44. The number of rotatable bonds is 6. The fourth-order valence-corrected chi connectivity index (χ4v) is 4.65. The molecule has 0 aliphatic heterocycles. The molecule has 4 rings (SSSR count). The van der Waals surface area contributed by atoms with Crippen molar-refractivity contribution in [1.82, 2.24) is 4.57 Å². The topological polar surface area (TPSA) is 51.4 Å². The van der Waals surface area contributed by atoms with Crippen molar-refractivity contribution in [2.45, 2.75) is 6.54 Å². The number of benzene rings is 3. The Morgan fingerprint density at radius 1 is 0.968 bits per heavy atom. The predicted molar refractivity (Wildman–Crippen MR) is 124 cm³/mol. The van der Waals surface area contributed by atoms with E-state index in [1.807, 2.05) is 29.0 Å². The number of ketones is 1. The summed E-state index contributed by atoms with van der Waals surface area (Å²) < 4.78 is 16.3. The van der Waals surface area contributed by atoms with Gasteiger partial charge in [-0.05, 0) is 36.6 Å². The minimum Gasteiger partial charge on any atom is -0.316 e. The first kappa shape index (κ1) is 21.2.